The Morgan fingerprint density at radius 1 is 1.40 bits per heavy atom. The first-order valence-electron chi connectivity index (χ1n) is 3.93. The second kappa shape index (κ2) is 4.84. The summed E-state index contributed by atoms with van der Waals surface area (Å²) in [5.41, 5.74) is 5.73. The Morgan fingerprint density at radius 2 is 1.93 bits per heavy atom. The zero-order chi connectivity index (χ0) is 11.4. The van der Waals surface area contributed by atoms with Crippen LogP contribution >= 0.6 is 8.25 Å². The maximum atomic E-state index is 10.5. The summed E-state index contributed by atoms with van der Waals surface area (Å²) < 4.78 is 14.8. The molecule has 0 fully saturated rings. The first-order valence-corrected chi connectivity index (χ1v) is 5.06. The third-order valence-corrected chi connectivity index (χ3v) is 2.06. The number of carbonyl (C=O) groups is 1. The van der Waals surface area contributed by atoms with Crippen molar-refractivity contribution < 1.29 is 23.9 Å². The molecule has 1 aromatic carbocycles. The minimum Gasteiger partial charge on any atom is -0.480 e. The van der Waals surface area contributed by atoms with Crippen molar-refractivity contribution in [1.29, 1.82) is 0 Å². The van der Waals surface area contributed by atoms with Gasteiger partial charge in [-0.2, -0.15) is 0 Å². The van der Waals surface area contributed by atoms with Gasteiger partial charge in [0.1, 0.15) is 6.04 Å². The highest BCUT2D eigenvalue weighted by Gasteiger charge is 2.17. The minimum absolute atomic E-state index is 0.181. The monoisotopic (exact) mass is 230 g/mol. The van der Waals surface area contributed by atoms with Crippen LogP contribution in [-0.2, 0) is 9.36 Å². The van der Waals surface area contributed by atoms with Crippen LogP contribution in [0.5, 0.6) is 5.75 Å². The summed E-state index contributed by atoms with van der Waals surface area (Å²) in [5.74, 6) is -0.961. The number of carboxylic acids is 1. The van der Waals surface area contributed by atoms with Crippen molar-refractivity contribution in [2.45, 2.75) is 6.04 Å². The molecule has 0 saturated heterocycles. The Balaban J connectivity index is 2.80. The molecule has 0 bridgehead atoms. The number of hydrogen-bond donors (Lipinski definition) is 3. The lowest BCUT2D eigenvalue weighted by Crippen LogP contribution is -2.20. The second-order valence-electron chi connectivity index (χ2n) is 2.71. The lowest BCUT2D eigenvalue weighted by molar-refractivity contribution is -0.138. The number of benzene rings is 1. The first-order chi connectivity index (χ1) is 7.00. The molecule has 1 unspecified atom stereocenters. The van der Waals surface area contributed by atoms with E-state index >= 15 is 0 Å². The molecule has 80 valence electrons. The fourth-order valence-corrected chi connectivity index (χ4v) is 1.27. The number of aliphatic carboxylic acids is 1. The molecular formula is C8H9NO5P+. The SMILES string of the molecule is N[C@H](C(=O)O)c1ccc(O[P+](=O)O)cc1. The van der Waals surface area contributed by atoms with Crippen LogP contribution in [0, 0.1) is 0 Å². The van der Waals surface area contributed by atoms with Gasteiger partial charge in [0.15, 0.2) is 5.75 Å². The zero-order valence-corrected chi connectivity index (χ0v) is 8.42. The molecule has 6 nitrogen and oxygen atoms in total. The van der Waals surface area contributed by atoms with E-state index in [4.69, 9.17) is 15.7 Å². The molecule has 0 amide bonds. The van der Waals surface area contributed by atoms with Crippen LogP contribution in [-0.4, -0.2) is 16.0 Å². The number of rotatable bonds is 4. The predicted molar refractivity (Wildman–Crippen MR) is 51.5 cm³/mol. The third kappa shape index (κ3) is 3.28. The molecule has 0 aromatic heterocycles. The highest BCUT2D eigenvalue weighted by atomic mass is 31.1. The van der Waals surface area contributed by atoms with E-state index in [2.05, 4.69) is 4.52 Å². The molecule has 0 aliphatic heterocycles. The Morgan fingerprint density at radius 3 is 2.33 bits per heavy atom. The van der Waals surface area contributed by atoms with Crippen LogP contribution in [0.4, 0.5) is 0 Å². The van der Waals surface area contributed by atoms with Crippen molar-refractivity contribution in [2.24, 2.45) is 5.73 Å². The van der Waals surface area contributed by atoms with E-state index in [1.54, 1.807) is 0 Å². The molecule has 0 saturated carbocycles. The summed E-state index contributed by atoms with van der Waals surface area (Å²) in [5, 5.41) is 8.61. The highest BCUT2D eigenvalue weighted by Crippen LogP contribution is 2.24. The van der Waals surface area contributed by atoms with Crippen molar-refractivity contribution in [3.05, 3.63) is 29.8 Å². The van der Waals surface area contributed by atoms with E-state index in [9.17, 15) is 9.36 Å². The molecule has 15 heavy (non-hydrogen) atoms. The van der Waals surface area contributed by atoms with E-state index in [1.807, 2.05) is 0 Å². The molecule has 0 radical (unpaired) electrons. The fourth-order valence-electron chi connectivity index (χ4n) is 0.969. The first kappa shape index (κ1) is 11.6. The van der Waals surface area contributed by atoms with E-state index in [-0.39, 0.29) is 5.75 Å². The summed E-state index contributed by atoms with van der Waals surface area (Å²) >= 11 is 0. The molecule has 7 heteroatoms. The topological polar surface area (TPSA) is 110 Å². The average molecular weight is 230 g/mol. The Hall–Kier alpha value is -1.49. The Labute approximate surface area is 86.2 Å². The maximum Gasteiger partial charge on any atom is 0.747 e. The van der Waals surface area contributed by atoms with E-state index in [0.29, 0.717) is 5.56 Å². The molecule has 0 spiro atoms. The molecule has 2 atom stereocenters. The molecule has 4 N–H and O–H groups in total. The van der Waals surface area contributed by atoms with Crippen molar-refractivity contribution in [3.63, 3.8) is 0 Å². The summed E-state index contributed by atoms with van der Waals surface area (Å²) in [7, 11) is -2.71. The fraction of sp³-hybridized carbons (Fsp3) is 0.125. The zero-order valence-electron chi connectivity index (χ0n) is 7.53. The smallest absolute Gasteiger partial charge is 0.480 e. The predicted octanol–water partition coefficient (Wildman–Crippen LogP) is 0.800. The van der Waals surface area contributed by atoms with E-state index in [0.717, 1.165) is 0 Å². The summed E-state index contributed by atoms with van der Waals surface area (Å²) in [6, 6.07) is 4.49. The highest BCUT2D eigenvalue weighted by molar-refractivity contribution is 7.32. The average Bonchev–Trinajstić information content (AvgIpc) is 2.17. The molecular weight excluding hydrogens is 221 g/mol. The van der Waals surface area contributed by atoms with Gasteiger partial charge in [-0.25, -0.2) is 4.52 Å². The molecule has 1 rings (SSSR count). The van der Waals surface area contributed by atoms with Crippen LogP contribution in [0.15, 0.2) is 24.3 Å². The van der Waals surface area contributed by atoms with Crippen LogP contribution < -0.4 is 10.3 Å². The van der Waals surface area contributed by atoms with E-state index < -0.39 is 20.3 Å². The minimum atomic E-state index is -2.71. The summed E-state index contributed by atoms with van der Waals surface area (Å²) in [6.07, 6.45) is 0. The van der Waals surface area contributed by atoms with Gasteiger partial charge in [-0.15, -0.1) is 4.89 Å². The molecule has 0 aliphatic rings. The van der Waals surface area contributed by atoms with Gasteiger partial charge in [-0.1, -0.05) is 12.1 Å². The normalized spacial score (nSPS) is 13.1. The van der Waals surface area contributed by atoms with Crippen molar-refractivity contribution in [3.8, 4) is 5.75 Å². The van der Waals surface area contributed by atoms with Crippen molar-refractivity contribution in [1.82, 2.24) is 0 Å². The number of carboxylic acid groups (broad SMARTS) is 1. The largest absolute Gasteiger partial charge is 0.747 e. The molecule has 0 aliphatic carbocycles. The summed E-state index contributed by atoms with van der Waals surface area (Å²) in [6.45, 7) is 0. The van der Waals surface area contributed by atoms with Gasteiger partial charge in [0, 0.05) is 4.57 Å². The van der Waals surface area contributed by atoms with Gasteiger partial charge in [0.05, 0.1) is 0 Å². The Bertz CT molecular complexity index is 377. The lowest BCUT2D eigenvalue weighted by Gasteiger charge is -2.05. The molecule has 1 aromatic rings. The van der Waals surface area contributed by atoms with Crippen LogP contribution in [0.25, 0.3) is 0 Å². The molecule has 0 heterocycles. The van der Waals surface area contributed by atoms with Gasteiger partial charge >= 0.3 is 14.2 Å². The van der Waals surface area contributed by atoms with Gasteiger partial charge in [-0.3, -0.25) is 4.79 Å². The second-order valence-corrected chi connectivity index (χ2v) is 3.37. The Kier molecular flexibility index (Phi) is 3.74. The van der Waals surface area contributed by atoms with Crippen LogP contribution in [0.3, 0.4) is 0 Å². The van der Waals surface area contributed by atoms with Crippen molar-refractivity contribution >= 4 is 14.2 Å². The van der Waals surface area contributed by atoms with Gasteiger partial charge in [0.2, 0.25) is 0 Å². The van der Waals surface area contributed by atoms with Crippen LogP contribution in [0.1, 0.15) is 11.6 Å². The quantitative estimate of drug-likeness (QED) is 0.660. The van der Waals surface area contributed by atoms with Gasteiger partial charge < -0.3 is 10.8 Å². The number of nitrogens with two attached hydrogens (primary N) is 1. The third-order valence-electron chi connectivity index (χ3n) is 1.69. The van der Waals surface area contributed by atoms with Gasteiger partial charge in [0.25, 0.3) is 0 Å². The van der Waals surface area contributed by atoms with Gasteiger partial charge in [-0.05, 0) is 17.7 Å². The van der Waals surface area contributed by atoms with E-state index in [1.165, 1.54) is 24.3 Å². The standard InChI is InChI=1S/C8H8NO5P/c9-7(8(10)11)5-1-3-6(4-2-5)14-15(12)13/h1-4,7H,9H2,(H-,10,11,12,13)/p+1/t7-/m0/s1. The van der Waals surface area contributed by atoms with Crippen molar-refractivity contribution in [2.75, 3.05) is 0 Å². The maximum absolute atomic E-state index is 10.5. The number of hydrogen-bond acceptors (Lipinski definition) is 4. The van der Waals surface area contributed by atoms with Crippen LogP contribution in [0.2, 0.25) is 0 Å². The lowest BCUT2D eigenvalue weighted by atomic mass is 10.1. The summed E-state index contributed by atoms with van der Waals surface area (Å²) in [4.78, 5) is 19.0.